The highest BCUT2D eigenvalue weighted by Gasteiger charge is 2.42. The zero-order valence-electron chi connectivity index (χ0n) is 29.3. The van der Waals surface area contributed by atoms with Crippen LogP contribution in [0.4, 0.5) is 0 Å². The SMILES string of the molecule is CCCCCCCCCCCCCCCCCCSC(CC)(C(=O)OCC)c1cc(C(C)(C)C)c(O)c(C(C)(C)C)c1. The number of phenols is 1. The topological polar surface area (TPSA) is 46.5 Å². The van der Waals surface area contributed by atoms with Crippen molar-refractivity contribution in [1.82, 2.24) is 0 Å². The highest BCUT2D eigenvalue weighted by molar-refractivity contribution is 8.00. The van der Waals surface area contributed by atoms with Crippen LogP contribution in [0.3, 0.4) is 0 Å². The van der Waals surface area contributed by atoms with Crippen LogP contribution in [0.1, 0.15) is 188 Å². The predicted octanol–water partition coefficient (Wildman–Crippen LogP) is 12.2. The molecule has 0 fully saturated rings. The number of carbonyl (C=O) groups is 1. The number of esters is 1. The second-order valence-corrected chi connectivity index (χ2v) is 15.9. The maximum Gasteiger partial charge on any atom is 0.326 e. The molecule has 244 valence electrons. The molecule has 0 spiro atoms. The van der Waals surface area contributed by atoms with E-state index in [1.165, 1.54) is 96.3 Å². The van der Waals surface area contributed by atoms with Gasteiger partial charge in [0.25, 0.3) is 0 Å². The van der Waals surface area contributed by atoms with Gasteiger partial charge in [0.2, 0.25) is 0 Å². The molecule has 0 aliphatic heterocycles. The standard InChI is InChI=1S/C38H68O3S/c1-10-13-14-15-16-17-18-19-20-21-22-23-24-25-26-27-28-42-38(11-2,35(40)41-12-3)31-29-32(36(4,5)6)34(39)33(30-31)37(7,8)9/h29-30,39H,10-28H2,1-9H3. The molecule has 1 atom stereocenters. The molecule has 1 N–H and O–H groups in total. The summed E-state index contributed by atoms with van der Waals surface area (Å²) < 4.78 is 4.93. The maximum absolute atomic E-state index is 13.6. The lowest BCUT2D eigenvalue weighted by Gasteiger charge is -2.35. The van der Waals surface area contributed by atoms with Crippen molar-refractivity contribution in [3.8, 4) is 5.75 Å². The minimum atomic E-state index is -0.765. The van der Waals surface area contributed by atoms with Gasteiger partial charge in [-0.3, -0.25) is 4.79 Å². The number of benzene rings is 1. The van der Waals surface area contributed by atoms with Gasteiger partial charge < -0.3 is 9.84 Å². The fourth-order valence-corrected chi connectivity index (χ4v) is 7.23. The van der Waals surface area contributed by atoms with Gasteiger partial charge in [-0.05, 0) is 65.2 Å². The molecule has 0 aromatic heterocycles. The number of hydrogen-bond acceptors (Lipinski definition) is 4. The van der Waals surface area contributed by atoms with Crippen LogP contribution in [-0.4, -0.2) is 23.4 Å². The van der Waals surface area contributed by atoms with Gasteiger partial charge in [0.15, 0.2) is 0 Å². The van der Waals surface area contributed by atoms with Crippen LogP contribution in [0, 0.1) is 0 Å². The number of ether oxygens (including phenoxy) is 1. The van der Waals surface area contributed by atoms with Crippen molar-refractivity contribution in [3.63, 3.8) is 0 Å². The summed E-state index contributed by atoms with van der Waals surface area (Å²) in [5.74, 6) is 1.14. The smallest absolute Gasteiger partial charge is 0.326 e. The number of rotatable bonds is 22. The lowest BCUT2D eigenvalue weighted by atomic mass is 9.76. The van der Waals surface area contributed by atoms with E-state index in [4.69, 9.17) is 4.74 Å². The zero-order valence-corrected chi connectivity index (χ0v) is 30.1. The van der Waals surface area contributed by atoms with Crippen molar-refractivity contribution >= 4 is 17.7 Å². The van der Waals surface area contributed by atoms with Crippen molar-refractivity contribution in [2.24, 2.45) is 0 Å². The largest absolute Gasteiger partial charge is 0.507 e. The Bertz CT molecular complexity index is 844. The molecule has 0 heterocycles. The average Bonchev–Trinajstić information content (AvgIpc) is 2.92. The lowest BCUT2D eigenvalue weighted by Crippen LogP contribution is -2.35. The number of unbranched alkanes of at least 4 members (excludes halogenated alkanes) is 15. The van der Waals surface area contributed by atoms with Crippen LogP contribution in [0.25, 0.3) is 0 Å². The summed E-state index contributed by atoms with van der Waals surface area (Å²) in [6.07, 6.45) is 22.4. The lowest BCUT2D eigenvalue weighted by molar-refractivity contribution is -0.146. The summed E-state index contributed by atoms with van der Waals surface area (Å²) in [6.45, 7) is 19.4. The Morgan fingerprint density at radius 3 is 1.38 bits per heavy atom. The molecule has 0 saturated carbocycles. The normalized spacial score (nSPS) is 13.7. The van der Waals surface area contributed by atoms with Gasteiger partial charge in [-0.2, -0.15) is 0 Å². The highest BCUT2D eigenvalue weighted by atomic mass is 32.2. The molecule has 1 aromatic rings. The Morgan fingerprint density at radius 1 is 0.667 bits per heavy atom. The molecule has 0 bridgehead atoms. The maximum atomic E-state index is 13.6. The fourth-order valence-electron chi connectivity index (χ4n) is 5.87. The van der Waals surface area contributed by atoms with Crippen LogP contribution < -0.4 is 0 Å². The molecule has 3 nitrogen and oxygen atoms in total. The quantitative estimate of drug-likeness (QED) is 0.106. The molecule has 42 heavy (non-hydrogen) atoms. The minimum Gasteiger partial charge on any atom is -0.507 e. The second kappa shape index (κ2) is 20.0. The van der Waals surface area contributed by atoms with Crippen molar-refractivity contribution in [2.45, 2.75) is 187 Å². The van der Waals surface area contributed by atoms with E-state index in [1.54, 1.807) is 11.8 Å². The van der Waals surface area contributed by atoms with Gasteiger partial charge >= 0.3 is 5.97 Å². The number of thioether (sulfide) groups is 1. The summed E-state index contributed by atoms with van der Waals surface area (Å²) in [6, 6.07) is 4.15. The van der Waals surface area contributed by atoms with Crippen LogP contribution >= 0.6 is 11.8 Å². The third-order valence-corrected chi connectivity index (χ3v) is 10.3. The van der Waals surface area contributed by atoms with E-state index in [0.29, 0.717) is 18.8 Å². The number of phenolic OH excluding ortho intramolecular Hbond substituents is 1. The van der Waals surface area contributed by atoms with Gasteiger partial charge in [0, 0.05) is 0 Å². The Hall–Kier alpha value is -1.16. The summed E-state index contributed by atoms with van der Waals surface area (Å²) in [5.41, 5.74) is 2.28. The summed E-state index contributed by atoms with van der Waals surface area (Å²) in [4.78, 5) is 13.6. The van der Waals surface area contributed by atoms with Crippen molar-refractivity contribution in [1.29, 1.82) is 0 Å². The van der Waals surface area contributed by atoms with Gasteiger partial charge in [-0.25, -0.2) is 0 Å². The van der Waals surface area contributed by atoms with Crippen molar-refractivity contribution < 1.29 is 14.6 Å². The molecule has 4 heteroatoms. The first-order valence-electron chi connectivity index (χ1n) is 17.5. The predicted molar refractivity (Wildman–Crippen MR) is 186 cm³/mol. The molecule has 0 aliphatic rings. The minimum absolute atomic E-state index is 0.153. The van der Waals surface area contributed by atoms with E-state index in [-0.39, 0.29) is 16.8 Å². The van der Waals surface area contributed by atoms with Gasteiger partial charge in [0.1, 0.15) is 10.5 Å². The Kier molecular flexibility index (Phi) is 18.5. The highest BCUT2D eigenvalue weighted by Crippen LogP contribution is 2.47. The number of aromatic hydroxyl groups is 1. The monoisotopic (exact) mass is 604 g/mol. The molecule has 0 radical (unpaired) electrons. The number of hydrogen-bond donors (Lipinski definition) is 1. The van der Waals surface area contributed by atoms with Crippen LogP contribution in [0.2, 0.25) is 0 Å². The third-order valence-electron chi connectivity index (χ3n) is 8.64. The van der Waals surface area contributed by atoms with E-state index in [2.05, 4.69) is 67.5 Å². The third kappa shape index (κ3) is 13.2. The van der Waals surface area contributed by atoms with Crippen molar-refractivity contribution in [3.05, 3.63) is 28.8 Å². The summed E-state index contributed by atoms with van der Waals surface area (Å²) in [7, 11) is 0. The van der Waals surface area contributed by atoms with Gasteiger partial charge in [-0.1, -0.05) is 152 Å². The van der Waals surface area contributed by atoms with Crippen LogP contribution in [0.5, 0.6) is 5.75 Å². The molecular weight excluding hydrogens is 536 g/mol. The molecule has 1 unspecified atom stereocenters. The van der Waals surface area contributed by atoms with E-state index >= 15 is 0 Å². The van der Waals surface area contributed by atoms with E-state index in [9.17, 15) is 9.90 Å². The van der Waals surface area contributed by atoms with Crippen molar-refractivity contribution in [2.75, 3.05) is 12.4 Å². The molecule has 0 saturated heterocycles. The zero-order chi connectivity index (χ0) is 31.7. The van der Waals surface area contributed by atoms with E-state index in [0.717, 1.165) is 28.9 Å². The Morgan fingerprint density at radius 2 is 1.05 bits per heavy atom. The first-order valence-corrected chi connectivity index (χ1v) is 18.5. The van der Waals surface area contributed by atoms with Crippen LogP contribution in [0.15, 0.2) is 12.1 Å². The fraction of sp³-hybridized carbons (Fsp3) is 0.816. The molecule has 0 aliphatic carbocycles. The second-order valence-electron chi connectivity index (χ2n) is 14.5. The summed E-state index contributed by atoms with van der Waals surface area (Å²) >= 11 is 1.75. The first-order chi connectivity index (χ1) is 19.8. The molecule has 1 rings (SSSR count). The Balaban J connectivity index is 2.64. The Labute approximate surface area is 265 Å². The van der Waals surface area contributed by atoms with Gasteiger partial charge in [0.05, 0.1) is 6.61 Å². The van der Waals surface area contributed by atoms with E-state index < -0.39 is 4.75 Å². The molecular formula is C38H68O3S. The van der Waals surface area contributed by atoms with Gasteiger partial charge in [-0.15, -0.1) is 11.8 Å². The first kappa shape index (κ1) is 38.9. The molecule has 1 aromatic carbocycles. The van der Waals surface area contributed by atoms with E-state index in [1.807, 2.05) is 6.92 Å². The molecule has 0 amide bonds. The number of carbonyl (C=O) groups excluding carboxylic acids is 1. The van der Waals surface area contributed by atoms with Crippen LogP contribution in [-0.2, 0) is 25.1 Å². The average molecular weight is 605 g/mol. The summed E-state index contributed by atoms with van der Waals surface area (Å²) in [5, 5.41) is 11.3.